The number of aliphatic hydroxyl groups is 1. The van der Waals surface area contributed by atoms with Gasteiger partial charge in [-0.15, -0.1) is 11.3 Å². The van der Waals surface area contributed by atoms with Crippen LogP contribution in [0.15, 0.2) is 23.7 Å². The van der Waals surface area contributed by atoms with Crippen LogP contribution in [-0.2, 0) is 13.0 Å². The topological polar surface area (TPSA) is 47.3 Å². The third-order valence-corrected chi connectivity index (χ3v) is 3.55. The van der Waals surface area contributed by atoms with Gasteiger partial charge < -0.3 is 9.84 Å². The van der Waals surface area contributed by atoms with Gasteiger partial charge in [0.05, 0.1) is 13.3 Å². The van der Waals surface area contributed by atoms with Crippen molar-refractivity contribution in [1.82, 2.24) is 9.78 Å². The van der Waals surface area contributed by atoms with E-state index >= 15 is 0 Å². The Balaban J connectivity index is 2.22. The van der Waals surface area contributed by atoms with Crippen molar-refractivity contribution in [3.63, 3.8) is 0 Å². The highest BCUT2D eigenvalue weighted by Crippen LogP contribution is 2.28. The minimum Gasteiger partial charge on any atom is -0.493 e. The molecule has 0 spiro atoms. The molecule has 0 aromatic carbocycles. The Kier molecular flexibility index (Phi) is 3.81. The lowest BCUT2D eigenvalue weighted by Crippen LogP contribution is -2.10. The zero-order valence-corrected chi connectivity index (χ0v) is 10.8. The van der Waals surface area contributed by atoms with Gasteiger partial charge in [0.1, 0.15) is 11.8 Å². The van der Waals surface area contributed by atoms with E-state index in [2.05, 4.69) is 5.10 Å². The Morgan fingerprint density at radius 3 is 3.00 bits per heavy atom. The third-order valence-electron chi connectivity index (χ3n) is 2.65. The highest BCUT2D eigenvalue weighted by atomic mass is 32.1. The van der Waals surface area contributed by atoms with Crippen molar-refractivity contribution in [1.29, 1.82) is 0 Å². The van der Waals surface area contributed by atoms with Crippen LogP contribution in [-0.4, -0.2) is 22.0 Å². The van der Waals surface area contributed by atoms with E-state index in [-0.39, 0.29) is 0 Å². The first kappa shape index (κ1) is 12.1. The van der Waals surface area contributed by atoms with Crippen molar-refractivity contribution in [3.8, 4) is 5.75 Å². The number of thiophene rings is 1. The molecule has 0 bridgehead atoms. The van der Waals surface area contributed by atoms with Gasteiger partial charge in [-0.2, -0.15) is 5.10 Å². The molecule has 1 unspecified atom stereocenters. The third kappa shape index (κ3) is 2.50. The Morgan fingerprint density at radius 1 is 1.59 bits per heavy atom. The fourth-order valence-corrected chi connectivity index (χ4v) is 2.58. The number of hydrogen-bond acceptors (Lipinski definition) is 4. The molecule has 4 nitrogen and oxygen atoms in total. The molecule has 92 valence electrons. The van der Waals surface area contributed by atoms with Gasteiger partial charge in [-0.1, -0.05) is 6.07 Å². The summed E-state index contributed by atoms with van der Waals surface area (Å²) >= 11 is 1.64. The number of aliphatic hydroxyl groups excluding tert-OH is 1. The average Bonchev–Trinajstić information content (AvgIpc) is 2.95. The minimum atomic E-state index is -0.578. The average molecular weight is 252 g/mol. The summed E-state index contributed by atoms with van der Waals surface area (Å²) in [7, 11) is 1.60. The van der Waals surface area contributed by atoms with Crippen molar-refractivity contribution in [3.05, 3.63) is 34.3 Å². The summed E-state index contributed by atoms with van der Waals surface area (Å²) in [5, 5.41) is 16.5. The molecule has 2 aromatic heterocycles. The summed E-state index contributed by atoms with van der Waals surface area (Å²) in [5.41, 5.74) is 0.753. The maximum absolute atomic E-state index is 10.3. The van der Waals surface area contributed by atoms with Gasteiger partial charge in [0, 0.05) is 17.8 Å². The Labute approximate surface area is 104 Å². The molecule has 0 amide bonds. The number of nitrogens with zero attached hydrogens (tertiary/aromatic N) is 2. The van der Waals surface area contributed by atoms with E-state index in [1.54, 1.807) is 29.3 Å². The van der Waals surface area contributed by atoms with Crippen molar-refractivity contribution in [2.45, 2.75) is 26.0 Å². The largest absolute Gasteiger partial charge is 0.493 e. The van der Waals surface area contributed by atoms with E-state index in [0.717, 1.165) is 17.1 Å². The maximum atomic E-state index is 10.3. The first-order chi connectivity index (χ1) is 8.26. The summed E-state index contributed by atoms with van der Waals surface area (Å²) in [6.45, 7) is 2.72. The van der Waals surface area contributed by atoms with E-state index in [1.165, 1.54) is 0 Å². The van der Waals surface area contributed by atoms with Gasteiger partial charge in [0.15, 0.2) is 5.75 Å². The van der Waals surface area contributed by atoms with Crippen molar-refractivity contribution in [2.75, 3.05) is 7.11 Å². The molecule has 1 atom stereocenters. The number of rotatable bonds is 5. The zero-order valence-electron chi connectivity index (χ0n) is 9.96. The predicted octanol–water partition coefficient (Wildman–Crippen LogP) is 2.25. The van der Waals surface area contributed by atoms with Crippen LogP contribution in [0, 0.1) is 0 Å². The summed E-state index contributed by atoms with van der Waals surface area (Å²) in [4.78, 5) is 1.16. The van der Waals surface area contributed by atoms with Crippen LogP contribution in [0.1, 0.15) is 23.6 Å². The van der Waals surface area contributed by atoms with Gasteiger partial charge in [-0.25, -0.2) is 0 Å². The fourth-order valence-electron chi connectivity index (χ4n) is 1.84. The van der Waals surface area contributed by atoms with E-state index in [0.29, 0.717) is 12.2 Å². The van der Waals surface area contributed by atoms with Gasteiger partial charge in [-0.05, 0) is 18.4 Å². The van der Waals surface area contributed by atoms with Crippen molar-refractivity contribution in [2.24, 2.45) is 0 Å². The Bertz CT molecular complexity index is 443. The summed E-state index contributed by atoms with van der Waals surface area (Å²) in [6, 6.07) is 4.01. The maximum Gasteiger partial charge on any atom is 0.162 e. The van der Waals surface area contributed by atoms with Gasteiger partial charge >= 0.3 is 0 Å². The first-order valence-corrected chi connectivity index (χ1v) is 6.44. The van der Waals surface area contributed by atoms with Crippen LogP contribution in [0.3, 0.4) is 0 Å². The second kappa shape index (κ2) is 5.33. The molecular weight excluding hydrogens is 236 g/mol. The lowest BCUT2D eigenvalue weighted by molar-refractivity contribution is 0.163. The quantitative estimate of drug-likeness (QED) is 0.887. The Hall–Kier alpha value is -1.33. The standard InChI is InChI=1S/C12H16N2O2S/c1-3-14-12(11(16-2)8-13-14)10(15)7-9-5-4-6-17-9/h4-6,8,10,15H,3,7H2,1-2H3. The molecule has 2 heterocycles. The number of ether oxygens (including phenoxy) is 1. The molecular formula is C12H16N2O2S. The number of aryl methyl sites for hydroxylation is 1. The predicted molar refractivity (Wildman–Crippen MR) is 67.4 cm³/mol. The molecule has 0 radical (unpaired) electrons. The molecule has 2 rings (SSSR count). The summed E-state index contributed by atoms with van der Waals surface area (Å²) < 4.78 is 7.00. The molecule has 2 aromatic rings. The van der Waals surface area contributed by atoms with E-state index in [9.17, 15) is 5.11 Å². The van der Waals surface area contributed by atoms with Crippen molar-refractivity contribution >= 4 is 11.3 Å². The van der Waals surface area contributed by atoms with E-state index in [1.807, 2.05) is 24.4 Å². The normalized spacial score (nSPS) is 12.6. The monoisotopic (exact) mass is 252 g/mol. The molecule has 0 saturated carbocycles. The smallest absolute Gasteiger partial charge is 0.162 e. The van der Waals surface area contributed by atoms with Crippen LogP contribution in [0.25, 0.3) is 0 Å². The van der Waals surface area contributed by atoms with Crippen LogP contribution in [0.2, 0.25) is 0 Å². The molecule has 0 saturated heterocycles. The highest BCUT2D eigenvalue weighted by molar-refractivity contribution is 7.09. The van der Waals surface area contributed by atoms with Gasteiger partial charge in [-0.3, -0.25) is 4.68 Å². The summed E-state index contributed by atoms with van der Waals surface area (Å²) in [5.74, 6) is 0.649. The SMILES string of the molecule is CCn1ncc(OC)c1C(O)Cc1cccs1. The molecule has 0 fully saturated rings. The second-order valence-corrected chi connectivity index (χ2v) is 4.75. The molecule has 0 aliphatic carbocycles. The fraction of sp³-hybridized carbons (Fsp3) is 0.417. The molecule has 17 heavy (non-hydrogen) atoms. The van der Waals surface area contributed by atoms with Crippen molar-refractivity contribution < 1.29 is 9.84 Å². The lowest BCUT2D eigenvalue weighted by atomic mass is 10.1. The molecule has 0 aliphatic rings. The first-order valence-electron chi connectivity index (χ1n) is 5.56. The molecule has 1 N–H and O–H groups in total. The second-order valence-electron chi connectivity index (χ2n) is 3.71. The van der Waals surface area contributed by atoms with Crippen LogP contribution in [0.5, 0.6) is 5.75 Å². The summed E-state index contributed by atoms with van der Waals surface area (Å²) in [6.07, 6.45) is 1.67. The Morgan fingerprint density at radius 2 is 2.41 bits per heavy atom. The van der Waals surface area contributed by atoms with Crippen LogP contribution < -0.4 is 4.74 Å². The van der Waals surface area contributed by atoms with Gasteiger partial charge in [0.25, 0.3) is 0 Å². The van der Waals surface area contributed by atoms with Crippen LogP contribution >= 0.6 is 11.3 Å². The van der Waals surface area contributed by atoms with Gasteiger partial charge in [0.2, 0.25) is 0 Å². The number of methoxy groups -OCH3 is 1. The minimum absolute atomic E-state index is 0.578. The molecule has 0 aliphatic heterocycles. The number of hydrogen-bond donors (Lipinski definition) is 1. The lowest BCUT2D eigenvalue weighted by Gasteiger charge is -2.13. The zero-order chi connectivity index (χ0) is 12.3. The number of aromatic nitrogens is 2. The van der Waals surface area contributed by atoms with E-state index < -0.39 is 6.10 Å². The van der Waals surface area contributed by atoms with Crippen LogP contribution in [0.4, 0.5) is 0 Å². The molecule has 5 heteroatoms. The highest BCUT2D eigenvalue weighted by Gasteiger charge is 2.19. The van der Waals surface area contributed by atoms with E-state index in [4.69, 9.17) is 4.74 Å².